The average Bonchev–Trinajstić information content (AvgIpc) is 2.75. The van der Waals surface area contributed by atoms with Crippen LogP contribution in [0.4, 0.5) is 0 Å². The van der Waals surface area contributed by atoms with Crippen molar-refractivity contribution in [2.75, 3.05) is 13.7 Å². The Kier molecular flexibility index (Phi) is 6.32. The summed E-state index contributed by atoms with van der Waals surface area (Å²) in [6, 6.07) is 20.1. The van der Waals surface area contributed by atoms with E-state index < -0.39 is 5.91 Å². The Balaban J connectivity index is 1.51. The Bertz CT molecular complexity index is 1000. The molecule has 0 bridgehead atoms. The molecule has 0 aromatic heterocycles. The first-order chi connectivity index (χ1) is 14.1. The molecule has 3 aromatic carbocycles. The molecule has 3 N–H and O–H groups in total. The first-order valence-corrected chi connectivity index (χ1v) is 8.77. The molecule has 3 aromatic rings. The summed E-state index contributed by atoms with van der Waals surface area (Å²) in [5.41, 5.74) is 4.93. The number of phenolic OH excluding ortho intramolecular Hbond substituents is 2. The molecule has 0 saturated carbocycles. The molecule has 148 valence electrons. The maximum Gasteiger partial charge on any atom is 0.277 e. The van der Waals surface area contributed by atoms with Crippen molar-refractivity contribution < 1.29 is 24.5 Å². The Labute approximate surface area is 167 Å². The van der Waals surface area contributed by atoms with Crippen molar-refractivity contribution in [3.05, 3.63) is 72.3 Å². The van der Waals surface area contributed by atoms with Crippen LogP contribution in [0.2, 0.25) is 0 Å². The number of phenols is 2. The van der Waals surface area contributed by atoms with Gasteiger partial charge in [0.25, 0.3) is 5.91 Å². The van der Waals surface area contributed by atoms with Crippen molar-refractivity contribution in [1.29, 1.82) is 0 Å². The third kappa shape index (κ3) is 5.26. The molecular weight excluding hydrogens is 372 g/mol. The van der Waals surface area contributed by atoms with E-state index in [1.165, 1.54) is 25.5 Å². The zero-order valence-electron chi connectivity index (χ0n) is 15.7. The lowest BCUT2D eigenvalue weighted by Crippen LogP contribution is -2.24. The minimum Gasteiger partial charge on any atom is -0.504 e. The van der Waals surface area contributed by atoms with E-state index in [0.717, 1.165) is 11.1 Å². The highest BCUT2D eigenvalue weighted by Crippen LogP contribution is 2.35. The lowest BCUT2D eigenvalue weighted by molar-refractivity contribution is -0.123. The highest BCUT2D eigenvalue weighted by atomic mass is 16.5. The van der Waals surface area contributed by atoms with Crippen LogP contribution in [0.5, 0.6) is 23.0 Å². The molecule has 0 aliphatic carbocycles. The summed E-state index contributed by atoms with van der Waals surface area (Å²) in [4.78, 5) is 11.9. The van der Waals surface area contributed by atoms with E-state index in [9.17, 15) is 15.0 Å². The van der Waals surface area contributed by atoms with Gasteiger partial charge in [0.1, 0.15) is 5.75 Å². The van der Waals surface area contributed by atoms with Crippen LogP contribution in [0.3, 0.4) is 0 Å². The normalized spacial score (nSPS) is 10.7. The Morgan fingerprint density at radius 3 is 2.41 bits per heavy atom. The highest BCUT2D eigenvalue weighted by molar-refractivity contribution is 5.84. The Hall–Kier alpha value is -4.00. The van der Waals surface area contributed by atoms with E-state index >= 15 is 0 Å². The van der Waals surface area contributed by atoms with Gasteiger partial charge in [-0.3, -0.25) is 4.79 Å². The van der Waals surface area contributed by atoms with Crippen LogP contribution in [0.15, 0.2) is 71.8 Å². The third-order valence-corrected chi connectivity index (χ3v) is 4.03. The van der Waals surface area contributed by atoms with Gasteiger partial charge in [-0.1, -0.05) is 42.5 Å². The number of nitrogens with zero attached hydrogens (tertiary/aromatic N) is 1. The van der Waals surface area contributed by atoms with E-state index in [0.29, 0.717) is 11.3 Å². The molecule has 0 saturated heterocycles. The van der Waals surface area contributed by atoms with Crippen molar-refractivity contribution in [2.45, 2.75) is 0 Å². The van der Waals surface area contributed by atoms with Gasteiger partial charge in [0.2, 0.25) is 5.75 Å². The van der Waals surface area contributed by atoms with Gasteiger partial charge in [0.05, 0.1) is 13.3 Å². The fraction of sp³-hybridized carbons (Fsp3) is 0.0909. The average molecular weight is 392 g/mol. The predicted octanol–water partition coefficient (Wildman–Crippen LogP) is 3.30. The summed E-state index contributed by atoms with van der Waals surface area (Å²) in [5.74, 6) is -0.486. The molecular formula is C22H20N2O5. The van der Waals surface area contributed by atoms with Gasteiger partial charge in [0, 0.05) is 5.56 Å². The van der Waals surface area contributed by atoms with Crippen molar-refractivity contribution in [1.82, 2.24) is 5.43 Å². The SMILES string of the molecule is COc1cc(/C=N/NC(=O)COc2ccc(-c3ccccc3)cc2)cc(O)c1O. The topological polar surface area (TPSA) is 100 Å². The summed E-state index contributed by atoms with van der Waals surface area (Å²) in [5, 5.41) is 23.0. The number of carbonyl (C=O) groups is 1. The fourth-order valence-corrected chi connectivity index (χ4v) is 2.58. The summed E-state index contributed by atoms with van der Waals surface area (Å²) in [6.45, 7) is -0.202. The lowest BCUT2D eigenvalue weighted by Gasteiger charge is -2.07. The number of hydrazone groups is 1. The van der Waals surface area contributed by atoms with Gasteiger partial charge in [-0.05, 0) is 35.4 Å². The lowest BCUT2D eigenvalue weighted by atomic mass is 10.1. The Morgan fingerprint density at radius 1 is 1.03 bits per heavy atom. The smallest absolute Gasteiger partial charge is 0.277 e. The van der Waals surface area contributed by atoms with Gasteiger partial charge < -0.3 is 19.7 Å². The summed E-state index contributed by atoms with van der Waals surface area (Å²) in [7, 11) is 1.36. The molecule has 1 amide bonds. The molecule has 0 heterocycles. The predicted molar refractivity (Wildman–Crippen MR) is 109 cm³/mol. The van der Waals surface area contributed by atoms with Crippen LogP contribution in [0.25, 0.3) is 11.1 Å². The quantitative estimate of drug-likeness (QED) is 0.325. The Morgan fingerprint density at radius 2 is 1.72 bits per heavy atom. The van der Waals surface area contributed by atoms with E-state index in [-0.39, 0.29) is 23.9 Å². The van der Waals surface area contributed by atoms with Crippen molar-refractivity contribution >= 4 is 12.1 Å². The molecule has 3 rings (SSSR count). The van der Waals surface area contributed by atoms with Crippen LogP contribution < -0.4 is 14.9 Å². The van der Waals surface area contributed by atoms with Crippen LogP contribution in [-0.2, 0) is 4.79 Å². The summed E-state index contributed by atoms with van der Waals surface area (Å²) in [6.07, 6.45) is 1.31. The monoisotopic (exact) mass is 392 g/mol. The standard InChI is InChI=1S/C22H20N2O5/c1-28-20-12-15(11-19(25)22(20)27)13-23-24-21(26)14-29-18-9-7-17(8-10-18)16-5-3-2-4-6-16/h2-13,25,27H,14H2,1H3,(H,24,26)/b23-13+. The van der Waals surface area contributed by atoms with E-state index in [1.807, 2.05) is 42.5 Å². The minimum absolute atomic E-state index is 0.0973. The molecule has 0 aliphatic heterocycles. The molecule has 7 heteroatoms. The molecule has 7 nitrogen and oxygen atoms in total. The zero-order valence-corrected chi connectivity index (χ0v) is 15.7. The molecule has 0 radical (unpaired) electrons. The number of methoxy groups -OCH3 is 1. The van der Waals surface area contributed by atoms with Crippen molar-refractivity contribution in [3.63, 3.8) is 0 Å². The van der Waals surface area contributed by atoms with Crippen LogP contribution in [0, 0.1) is 0 Å². The molecule has 0 fully saturated rings. The highest BCUT2D eigenvalue weighted by Gasteiger charge is 2.08. The maximum absolute atomic E-state index is 11.9. The van der Waals surface area contributed by atoms with Crippen molar-refractivity contribution in [2.24, 2.45) is 5.10 Å². The molecule has 0 aliphatic rings. The number of amides is 1. The number of ether oxygens (including phenoxy) is 2. The van der Waals surface area contributed by atoms with Gasteiger partial charge >= 0.3 is 0 Å². The van der Waals surface area contributed by atoms with Crippen molar-refractivity contribution in [3.8, 4) is 34.1 Å². The number of nitrogens with one attached hydrogen (secondary N) is 1. The van der Waals surface area contributed by atoms with Gasteiger partial charge in [-0.25, -0.2) is 5.43 Å². The minimum atomic E-state index is -0.441. The maximum atomic E-state index is 11.9. The van der Waals surface area contributed by atoms with Gasteiger partial charge in [-0.15, -0.1) is 0 Å². The van der Waals surface area contributed by atoms with Gasteiger partial charge in [-0.2, -0.15) is 5.10 Å². The number of hydrogen-bond donors (Lipinski definition) is 3. The second-order valence-electron chi connectivity index (χ2n) is 6.06. The van der Waals surface area contributed by atoms with E-state index in [2.05, 4.69) is 10.5 Å². The third-order valence-electron chi connectivity index (χ3n) is 4.03. The first kappa shape index (κ1) is 19.8. The molecule has 29 heavy (non-hydrogen) atoms. The molecule has 0 spiro atoms. The molecule has 0 atom stereocenters. The second kappa shape index (κ2) is 9.27. The largest absolute Gasteiger partial charge is 0.504 e. The zero-order chi connectivity index (χ0) is 20.6. The summed E-state index contributed by atoms with van der Waals surface area (Å²) < 4.78 is 10.4. The summed E-state index contributed by atoms with van der Waals surface area (Å²) >= 11 is 0. The number of rotatable bonds is 7. The van der Waals surface area contributed by atoms with Crippen LogP contribution >= 0.6 is 0 Å². The number of carbonyl (C=O) groups excluding carboxylic acids is 1. The van der Waals surface area contributed by atoms with Crippen LogP contribution in [0.1, 0.15) is 5.56 Å². The van der Waals surface area contributed by atoms with Gasteiger partial charge in [0.15, 0.2) is 18.1 Å². The number of hydrogen-bond acceptors (Lipinski definition) is 6. The van der Waals surface area contributed by atoms with Crippen LogP contribution in [-0.4, -0.2) is 36.1 Å². The fourth-order valence-electron chi connectivity index (χ4n) is 2.58. The number of aromatic hydroxyl groups is 2. The van der Waals surface area contributed by atoms with E-state index in [4.69, 9.17) is 9.47 Å². The van der Waals surface area contributed by atoms with E-state index in [1.54, 1.807) is 12.1 Å². The molecule has 0 unspecified atom stereocenters. The number of benzene rings is 3. The first-order valence-electron chi connectivity index (χ1n) is 8.77. The second-order valence-corrected chi connectivity index (χ2v) is 6.06.